The van der Waals surface area contributed by atoms with E-state index in [2.05, 4.69) is 9.88 Å². The maximum Gasteiger partial charge on any atom is 0.323 e. The highest BCUT2D eigenvalue weighted by molar-refractivity contribution is 5.85. The molecule has 2 aromatic heterocycles. The van der Waals surface area contributed by atoms with Crippen LogP contribution in [0.25, 0.3) is 22.4 Å². The lowest BCUT2D eigenvalue weighted by molar-refractivity contribution is -0.142. The fourth-order valence-corrected chi connectivity index (χ4v) is 4.37. The third-order valence-electron chi connectivity index (χ3n) is 6.12. The van der Waals surface area contributed by atoms with Crippen molar-refractivity contribution in [3.8, 4) is 11.4 Å². The van der Waals surface area contributed by atoms with Crippen LogP contribution in [0.4, 0.5) is 0 Å². The van der Waals surface area contributed by atoms with Crippen molar-refractivity contribution in [3.63, 3.8) is 0 Å². The number of halogens is 1. The van der Waals surface area contributed by atoms with Gasteiger partial charge in [0.15, 0.2) is 0 Å². The summed E-state index contributed by atoms with van der Waals surface area (Å²) in [5.74, 6) is -0.337. The summed E-state index contributed by atoms with van der Waals surface area (Å²) in [6.45, 7) is 4.95. The first-order valence-corrected chi connectivity index (χ1v) is 11.2. The van der Waals surface area contributed by atoms with E-state index in [1.807, 2.05) is 24.3 Å². The zero-order chi connectivity index (χ0) is 23.7. The van der Waals surface area contributed by atoms with Gasteiger partial charge in [-0.1, -0.05) is 6.07 Å². The number of pyridine rings is 1. The average Bonchev–Trinajstić information content (AvgIpc) is 3.39. The van der Waals surface area contributed by atoms with Gasteiger partial charge in [-0.3, -0.25) is 14.9 Å². The molecule has 0 aliphatic carbocycles. The van der Waals surface area contributed by atoms with Crippen LogP contribution in [0, 0.1) is 6.92 Å². The van der Waals surface area contributed by atoms with Gasteiger partial charge in [-0.05, 0) is 50.5 Å². The first-order chi connectivity index (χ1) is 15.7. The van der Waals surface area contributed by atoms with Crippen molar-refractivity contribution in [3.05, 3.63) is 51.9 Å². The van der Waals surface area contributed by atoms with Crippen molar-refractivity contribution in [2.24, 2.45) is 7.05 Å². The summed E-state index contributed by atoms with van der Waals surface area (Å²) >= 11 is 0. The van der Waals surface area contributed by atoms with E-state index in [-0.39, 0.29) is 30.6 Å². The number of aliphatic hydroxyl groups is 1. The Morgan fingerprint density at radius 1 is 1.35 bits per heavy atom. The van der Waals surface area contributed by atoms with Gasteiger partial charge in [-0.25, -0.2) is 4.98 Å². The minimum absolute atomic E-state index is 0. The van der Waals surface area contributed by atoms with Gasteiger partial charge in [-0.15, -0.1) is 12.4 Å². The number of aliphatic hydroxyl groups excluding tert-OH is 1. The van der Waals surface area contributed by atoms with E-state index in [4.69, 9.17) is 9.72 Å². The number of aryl methyl sites for hydroxylation is 2. The number of rotatable bonds is 8. The fraction of sp³-hybridized carbons (Fsp3) is 0.458. The number of benzene rings is 1. The van der Waals surface area contributed by atoms with Crippen molar-refractivity contribution in [2.45, 2.75) is 58.0 Å². The van der Waals surface area contributed by atoms with Gasteiger partial charge < -0.3 is 24.1 Å². The monoisotopic (exact) mass is 490 g/mol. The summed E-state index contributed by atoms with van der Waals surface area (Å²) in [4.78, 5) is 28.4. The second kappa shape index (κ2) is 10.7. The van der Waals surface area contributed by atoms with Crippen LogP contribution in [0.2, 0.25) is 0 Å². The van der Waals surface area contributed by atoms with E-state index in [9.17, 15) is 19.8 Å². The minimum Gasteiger partial charge on any atom is -0.480 e. The number of hydrogen-bond acceptors (Lipinski definition) is 6. The number of nitrogens with one attached hydrogen (secondary N) is 1. The van der Waals surface area contributed by atoms with Gasteiger partial charge in [0.1, 0.15) is 11.9 Å². The van der Waals surface area contributed by atoms with E-state index in [0.717, 1.165) is 47.4 Å². The van der Waals surface area contributed by atoms with E-state index in [1.54, 1.807) is 24.7 Å². The van der Waals surface area contributed by atoms with Crippen molar-refractivity contribution in [1.82, 2.24) is 19.4 Å². The number of aromatic nitrogens is 3. The maximum atomic E-state index is 12.2. The van der Waals surface area contributed by atoms with Crippen LogP contribution in [0.1, 0.15) is 30.9 Å². The molecule has 0 spiro atoms. The van der Waals surface area contributed by atoms with Crippen LogP contribution in [0.3, 0.4) is 0 Å². The third-order valence-corrected chi connectivity index (χ3v) is 6.12. The number of carboxylic acid groups (broad SMARTS) is 1. The first kappa shape index (κ1) is 25.9. The predicted molar refractivity (Wildman–Crippen MR) is 131 cm³/mol. The van der Waals surface area contributed by atoms with E-state index in [0.29, 0.717) is 12.1 Å². The van der Waals surface area contributed by atoms with Crippen LogP contribution in [-0.2, 0) is 29.7 Å². The Bertz CT molecular complexity index is 1200. The Labute approximate surface area is 203 Å². The number of carboxylic acids is 1. The minimum atomic E-state index is -1.10. The smallest absolute Gasteiger partial charge is 0.323 e. The average molecular weight is 491 g/mol. The Morgan fingerprint density at radius 3 is 2.74 bits per heavy atom. The molecule has 3 heterocycles. The number of nitrogens with zero attached hydrogens (tertiary/aromatic N) is 3. The number of ether oxygens (including phenoxy) is 1. The van der Waals surface area contributed by atoms with Crippen molar-refractivity contribution in [1.29, 1.82) is 0 Å². The molecule has 0 amide bonds. The van der Waals surface area contributed by atoms with Gasteiger partial charge in [0, 0.05) is 37.5 Å². The molecule has 1 aliphatic heterocycles. The number of imidazole rings is 1. The molecule has 0 saturated carbocycles. The molecule has 0 radical (unpaired) electrons. The predicted octanol–water partition coefficient (Wildman–Crippen LogP) is 2.23. The second-order valence-electron chi connectivity index (χ2n) is 8.77. The molecular weight excluding hydrogens is 460 g/mol. The number of carbonyl (C=O) groups is 1. The van der Waals surface area contributed by atoms with E-state index >= 15 is 0 Å². The molecule has 0 bridgehead atoms. The molecule has 1 aliphatic rings. The van der Waals surface area contributed by atoms with Gasteiger partial charge in [0.25, 0.3) is 5.56 Å². The first-order valence-electron chi connectivity index (χ1n) is 11.2. The molecular formula is C24H31ClN4O5. The third kappa shape index (κ3) is 5.33. The summed E-state index contributed by atoms with van der Waals surface area (Å²) in [7, 11) is 1.73. The summed E-state index contributed by atoms with van der Waals surface area (Å²) < 4.78 is 9.58. The van der Waals surface area contributed by atoms with Gasteiger partial charge in [0.05, 0.1) is 29.8 Å². The highest BCUT2D eigenvalue weighted by Gasteiger charge is 2.23. The van der Waals surface area contributed by atoms with Crippen molar-refractivity contribution in [2.75, 3.05) is 6.61 Å². The Balaban J connectivity index is 0.00000324. The topological polar surface area (TPSA) is 119 Å². The summed E-state index contributed by atoms with van der Waals surface area (Å²) in [5.41, 5.74) is 4.04. The van der Waals surface area contributed by atoms with E-state index < -0.39 is 18.1 Å². The second-order valence-corrected chi connectivity index (χ2v) is 8.77. The Hall–Kier alpha value is -2.72. The zero-order valence-corrected chi connectivity index (χ0v) is 20.3. The Kier molecular flexibility index (Phi) is 8.14. The molecule has 4 rings (SSSR count). The lowest BCUT2D eigenvalue weighted by atomic mass is 10.1. The fourth-order valence-electron chi connectivity index (χ4n) is 4.37. The highest BCUT2D eigenvalue weighted by Crippen LogP contribution is 2.28. The van der Waals surface area contributed by atoms with Gasteiger partial charge in [-0.2, -0.15) is 0 Å². The van der Waals surface area contributed by atoms with Gasteiger partial charge in [0.2, 0.25) is 0 Å². The van der Waals surface area contributed by atoms with Crippen LogP contribution >= 0.6 is 12.4 Å². The Morgan fingerprint density at radius 2 is 2.12 bits per heavy atom. The summed E-state index contributed by atoms with van der Waals surface area (Å²) in [6.07, 6.45) is 2.92. The van der Waals surface area contributed by atoms with Gasteiger partial charge >= 0.3 is 5.97 Å². The lowest BCUT2D eigenvalue weighted by Crippen LogP contribution is -2.44. The van der Waals surface area contributed by atoms with Crippen molar-refractivity contribution >= 4 is 29.4 Å². The number of fused-ring (bicyclic) bond motifs is 1. The normalized spacial score (nSPS) is 17.5. The van der Waals surface area contributed by atoms with Crippen molar-refractivity contribution < 1.29 is 19.7 Å². The molecule has 3 aromatic rings. The van der Waals surface area contributed by atoms with E-state index in [1.165, 1.54) is 6.92 Å². The van der Waals surface area contributed by atoms with Crippen LogP contribution in [0.15, 0.2) is 35.3 Å². The molecule has 1 aromatic carbocycles. The molecule has 1 saturated heterocycles. The molecule has 184 valence electrons. The maximum absolute atomic E-state index is 12.2. The van der Waals surface area contributed by atoms with Crippen LogP contribution in [-0.4, -0.2) is 55.2 Å². The number of hydrogen-bond donors (Lipinski definition) is 3. The quantitative estimate of drug-likeness (QED) is 0.443. The molecule has 10 heteroatoms. The molecule has 0 unspecified atom stereocenters. The standard InChI is InChI=1S/C24H30N4O5.ClH/c1-14-9-17(12-27(3)23(14)30)22-26-19-10-16(11-25-21(15(2)29)24(31)32)6-7-20(19)28(22)13-18-5-4-8-33-18;/h6-7,9-10,12,15,18,21,25,29H,4-5,8,11,13H2,1-3H3,(H,31,32);1H/t15-,18+,21+;/m1./s1. The largest absolute Gasteiger partial charge is 0.480 e. The lowest BCUT2D eigenvalue weighted by Gasteiger charge is -2.17. The molecule has 3 N–H and O–H groups in total. The van der Waals surface area contributed by atoms with Crippen LogP contribution in [0.5, 0.6) is 0 Å². The summed E-state index contributed by atoms with van der Waals surface area (Å²) in [5, 5.41) is 21.9. The number of aliphatic carboxylic acids is 1. The molecule has 3 atom stereocenters. The van der Waals surface area contributed by atoms with Crippen LogP contribution < -0.4 is 10.9 Å². The zero-order valence-electron chi connectivity index (χ0n) is 19.5. The molecule has 1 fully saturated rings. The molecule has 9 nitrogen and oxygen atoms in total. The SMILES string of the molecule is Cc1cc(-c2nc3cc(CN[C@H](C(=O)O)[C@@H](C)O)ccc3n2C[C@@H]2CCCO2)cn(C)c1=O.Cl. The highest BCUT2D eigenvalue weighted by atomic mass is 35.5. The molecule has 34 heavy (non-hydrogen) atoms. The summed E-state index contributed by atoms with van der Waals surface area (Å²) in [6, 6.07) is 6.64.